The lowest BCUT2D eigenvalue weighted by Gasteiger charge is -2.11. The zero-order chi connectivity index (χ0) is 22.7. The zero-order valence-electron chi connectivity index (χ0n) is 17.7. The third-order valence-electron chi connectivity index (χ3n) is 4.75. The van der Waals surface area contributed by atoms with E-state index in [1.807, 2.05) is 25.1 Å². The minimum absolute atomic E-state index is 0.162. The van der Waals surface area contributed by atoms with Gasteiger partial charge in [0, 0.05) is 18.5 Å². The number of nitrogens with zero attached hydrogens (tertiary/aromatic N) is 4. The quantitative estimate of drug-likeness (QED) is 0.475. The molecule has 32 heavy (non-hydrogen) atoms. The lowest BCUT2D eigenvalue weighted by Crippen LogP contribution is -2.28. The highest BCUT2D eigenvalue weighted by Crippen LogP contribution is 2.29. The number of para-hydroxylation sites is 1. The molecule has 0 aliphatic rings. The maximum Gasteiger partial charge on any atom is 0.351 e. The van der Waals surface area contributed by atoms with Crippen molar-refractivity contribution in [3.8, 4) is 23.1 Å². The summed E-state index contributed by atoms with van der Waals surface area (Å²) in [5.74, 6) is 1.32. The SMILES string of the molecule is COc1ccc(NC(=O)Cn2nc3c(Oc4ccccc4C)nccn3c2=O)c(OC)c1. The Morgan fingerprint density at radius 3 is 2.66 bits per heavy atom. The van der Waals surface area contributed by atoms with Crippen LogP contribution in [0.1, 0.15) is 5.56 Å². The van der Waals surface area contributed by atoms with Gasteiger partial charge >= 0.3 is 5.69 Å². The summed E-state index contributed by atoms with van der Waals surface area (Å²) in [5, 5.41) is 6.98. The van der Waals surface area contributed by atoms with Gasteiger partial charge in [0.25, 0.3) is 5.88 Å². The summed E-state index contributed by atoms with van der Waals surface area (Å²) in [6.07, 6.45) is 2.91. The molecule has 0 fully saturated rings. The minimum Gasteiger partial charge on any atom is -0.497 e. The van der Waals surface area contributed by atoms with Gasteiger partial charge < -0.3 is 19.5 Å². The summed E-state index contributed by atoms with van der Waals surface area (Å²) in [6, 6.07) is 12.4. The molecule has 0 aliphatic carbocycles. The van der Waals surface area contributed by atoms with Crippen LogP contribution in [0.2, 0.25) is 0 Å². The molecule has 1 amide bonds. The van der Waals surface area contributed by atoms with Gasteiger partial charge in [0.05, 0.1) is 19.9 Å². The van der Waals surface area contributed by atoms with Gasteiger partial charge in [0.15, 0.2) is 0 Å². The second kappa shape index (κ2) is 8.80. The molecular formula is C22H21N5O5. The summed E-state index contributed by atoms with van der Waals surface area (Å²) in [6.45, 7) is 1.59. The van der Waals surface area contributed by atoms with Crippen molar-refractivity contribution in [3.05, 3.63) is 70.9 Å². The van der Waals surface area contributed by atoms with E-state index in [1.54, 1.807) is 24.3 Å². The van der Waals surface area contributed by atoms with Crippen molar-refractivity contribution >= 4 is 17.2 Å². The van der Waals surface area contributed by atoms with E-state index in [1.165, 1.54) is 31.0 Å². The molecular weight excluding hydrogens is 414 g/mol. The molecule has 0 radical (unpaired) electrons. The van der Waals surface area contributed by atoms with Gasteiger partial charge in [-0.15, -0.1) is 5.10 Å². The van der Waals surface area contributed by atoms with E-state index in [9.17, 15) is 9.59 Å². The highest BCUT2D eigenvalue weighted by molar-refractivity contribution is 5.92. The summed E-state index contributed by atoms with van der Waals surface area (Å²) >= 11 is 0. The van der Waals surface area contributed by atoms with E-state index in [0.29, 0.717) is 22.9 Å². The number of hydrogen-bond donors (Lipinski definition) is 1. The number of ether oxygens (including phenoxy) is 3. The molecule has 4 aromatic rings. The molecule has 0 atom stereocenters. The van der Waals surface area contributed by atoms with Crippen LogP contribution in [0.5, 0.6) is 23.1 Å². The first kappa shape index (κ1) is 20.9. The van der Waals surface area contributed by atoms with E-state index >= 15 is 0 Å². The van der Waals surface area contributed by atoms with Gasteiger partial charge in [-0.2, -0.15) is 0 Å². The maximum absolute atomic E-state index is 12.8. The molecule has 2 heterocycles. The standard InChI is InChI=1S/C22H21N5O5/c1-14-6-4-5-7-17(14)32-21-20-25-27(22(29)26(20)11-10-23-21)13-19(28)24-16-9-8-15(30-2)12-18(16)31-3/h4-12H,13H2,1-3H3,(H,24,28). The van der Waals surface area contributed by atoms with Gasteiger partial charge in [-0.1, -0.05) is 18.2 Å². The number of aromatic nitrogens is 4. The number of aryl methyl sites for hydroxylation is 1. The van der Waals surface area contributed by atoms with Crippen molar-refractivity contribution < 1.29 is 19.0 Å². The second-order valence-electron chi connectivity index (χ2n) is 6.85. The first-order valence-electron chi connectivity index (χ1n) is 9.69. The highest BCUT2D eigenvalue weighted by atomic mass is 16.5. The van der Waals surface area contributed by atoms with Crippen LogP contribution >= 0.6 is 0 Å². The normalized spacial score (nSPS) is 10.7. The molecule has 0 saturated carbocycles. The van der Waals surface area contributed by atoms with Gasteiger partial charge in [-0.25, -0.2) is 18.9 Å². The molecule has 164 valence electrons. The van der Waals surface area contributed by atoms with E-state index in [-0.39, 0.29) is 18.1 Å². The van der Waals surface area contributed by atoms with Crippen molar-refractivity contribution in [2.24, 2.45) is 0 Å². The Balaban J connectivity index is 1.59. The zero-order valence-corrected chi connectivity index (χ0v) is 17.7. The average Bonchev–Trinajstić information content (AvgIpc) is 3.11. The van der Waals surface area contributed by atoms with Crippen molar-refractivity contribution in [2.45, 2.75) is 13.5 Å². The molecule has 0 unspecified atom stereocenters. The van der Waals surface area contributed by atoms with Crippen LogP contribution in [0.3, 0.4) is 0 Å². The number of carbonyl (C=O) groups excluding carboxylic acids is 1. The molecule has 2 aromatic heterocycles. The Morgan fingerprint density at radius 2 is 1.91 bits per heavy atom. The van der Waals surface area contributed by atoms with E-state index in [0.717, 1.165) is 10.2 Å². The Labute approximate surface area is 183 Å². The van der Waals surface area contributed by atoms with Gasteiger partial charge in [-0.3, -0.25) is 4.79 Å². The Morgan fingerprint density at radius 1 is 1.09 bits per heavy atom. The number of carbonyl (C=O) groups is 1. The van der Waals surface area contributed by atoms with Gasteiger partial charge in [0.1, 0.15) is 23.8 Å². The molecule has 10 heteroatoms. The number of methoxy groups -OCH3 is 2. The fourth-order valence-corrected chi connectivity index (χ4v) is 3.10. The summed E-state index contributed by atoms with van der Waals surface area (Å²) in [5.41, 5.74) is 1.07. The molecule has 2 aromatic carbocycles. The Hall–Kier alpha value is -4.34. The predicted molar refractivity (Wildman–Crippen MR) is 117 cm³/mol. The van der Waals surface area contributed by atoms with Crippen LogP contribution in [-0.2, 0) is 11.3 Å². The topological polar surface area (TPSA) is 109 Å². The molecule has 10 nitrogen and oxygen atoms in total. The molecule has 0 saturated heterocycles. The minimum atomic E-state index is -0.492. The Bertz CT molecular complexity index is 1340. The monoisotopic (exact) mass is 435 g/mol. The number of rotatable bonds is 7. The van der Waals surface area contributed by atoms with Crippen LogP contribution in [0.25, 0.3) is 5.65 Å². The van der Waals surface area contributed by atoms with Crippen LogP contribution in [0.4, 0.5) is 5.69 Å². The maximum atomic E-state index is 12.8. The molecule has 1 N–H and O–H groups in total. The predicted octanol–water partition coefficient (Wildman–Crippen LogP) is 2.65. The fourth-order valence-electron chi connectivity index (χ4n) is 3.10. The number of amides is 1. The van der Waals surface area contributed by atoms with Crippen molar-refractivity contribution in [1.29, 1.82) is 0 Å². The number of fused-ring (bicyclic) bond motifs is 1. The fraction of sp³-hybridized carbons (Fsp3) is 0.182. The van der Waals surface area contributed by atoms with Crippen molar-refractivity contribution in [1.82, 2.24) is 19.2 Å². The van der Waals surface area contributed by atoms with E-state index < -0.39 is 11.6 Å². The lowest BCUT2D eigenvalue weighted by molar-refractivity contribution is -0.117. The molecule has 0 aliphatic heterocycles. The lowest BCUT2D eigenvalue weighted by atomic mass is 10.2. The number of benzene rings is 2. The largest absolute Gasteiger partial charge is 0.497 e. The first-order valence-corrected chi connectivity index (χ1v) is 9.69. The molecule has 0 bridgehead atoms. The van der Waals surface area contributed by atoms with Crippen LogP contribution in [0, 0.1) is 6.92 Å². The first-order chi connectivity index (χ1) is 15.5. The van der Waals surface area contributed by atoms with Crippen molar-refractivity contribution in [3.63, 3.8) is 0 Å². The van der Waals surface area contributed by atoms with E-state index in [2.05, 4.69) is 15.4 Å². The molecule has 0 spiro atoms. The number of nitrogens with one attached hydrogen (secondary N) is 1. The highest BCUT2D eigenvalue weighted by Gasteiger charge is 2.17. The smallest absolute Gasteiger partial charge is 0.351 e. The van der Waals surface area contributed by atoms with E-state index in [4.69, 9.17) is 14.2 Å². The molecule has 4 rings (SSSR count). The Kier molecular flexibility index (Phi) is 5.75. The summed E-state index contributed by atoms with van der Waals surface area (Å²) in [4.78, 5) is 29.6. The third kappa shape index (κ3) is 4.10. The van der Waals surface area contributed by atoms with Gasteiger partial charge in [-0.05, 0) is 30.7 Å². The summed E-state index contributed by atoms with van der Waals surface area (Å²) < 4.78 is 18.6. The third-order valence-corrected chi connectivity index (χ3v) is 4.75. The van der Waals surface area contributed by atoms with Crippen LogP contribution < -0.4 is 25.2 Å². The number of anilines is 1. The van der Waals surface area contributed by atoms with Crippen molar-refractivity contribution in [2.75, 3.05) is 19.5 Å². The summed E-state index contributed by atoms with van der Waals surface area (Å²) in [7, 11) is 3.02. The van der Waals surface area contributed by atoms with Crippen LogP contribution in [-0.4, -0.2) is 39.3 Å². The number of hydrogen-bond acceptors (Lipinski definition) is 7. The average molecular weight is 435 g/mol. The van der Waals surface area contributed by atoms with Gasteiger partial charge in [0.2, 0.25) is 11.6 Å². The van der Waals surface area contributed by atoms with Crippen LogP contribution in [0.15, 0.2) is 59.7 Å². The second-order valence-corrected chi connectivity index (χ2v) is 6.85.